The van der Waals surface area contributed by atoms with Crippen molar-refractivity contribution in [2.75, 3.05) is 7.05 Å². The van der Waals surface area contributed by atoms with Gasteiger partial charge in [0.15, 0.2) is 0 Å². The van der Waals surface area contributed by atoms with Crippen LogP contribution in [-0.4, -0.2) is 19.4 Å². The summed E-state index contributed by atoms with van der Waals surface area (Å²) in [5, 5.41) is 5.08. The van der Waals surface area contributed by atoms with E-state index in [0.717, 1.165) is 27.6 Å². The Morgan fingerprint density at radius 1 is 0.968 bits per heavy atom. The summed E-state index contributed by atoms with van der Waals surface area (Å²) in [5.41, 5.74) is 4.61. The van der Waals surface area contributed by atoms with Gasteiger partial charge in [-0.1, -0.05) is 53.5 Å². The summed E-state index contributed by atoms with van der Waals surface area (Å²) in [7, 11) is -1.97. The molecule has 3 aromatic carbocycles. The maximum atomic E-state index is 13.4. The topological polar surface area (TPSA) is 51.1 Å². The van der Waals surface area contributed by atoms with Crippen molar-refractivity contribution in [3.05, 3.63) is 99.2 Å². The molecule has 0 aliphatic carbocycles. The van der Waals surface area contributed by atoms with Crippen molar-refractivity contribution in [3.8, 4) is 0 Å². The van der Waals surface area contributed by atoms with Gasteiger partial charge in [-0.3, -0.25) is 0 Å². The first-order valence-electron chi connectivity index (χ1n) is 9.83. The molecule has 0 aliphatic rings. The first kappa shape index (κ1) is 21.9. The largest absolute Gasteiger partial charge is 0.316 e. The Morgan fingerprint density at radius 2 is 1.77 bits per heavy atom. The van der Waals surface area contributed by atoms with Crippen molar-refractivity contribution >= 4 is 44.1 Å². The zero-order chi connectivity index (χ0) is 22.2. The summed E-state index contributed by atoms with van der Waals surface area (Å²) in [5.74, 6) is 0. The van der Waals surface area contributed by atoms with Gasteiger partial charge < -0.3 is 5.32 Å². The third kappa shape index (κ3) is 4.37. The van der Waals surface area contributed by atoms with Gasteiger partial charge in [0.05, 0.1) is 10.4 Å². The first-order chi connectivity index (χ1) is 14.8. The molecular weight excluding hydrogens is 451 g/mol. The van der Waals surface area contributed by atoms with Crippen molar-refractivity contribution in [2.45, 2.75) is 24.8 Å². The molecular formula is C24H22Cl2N2O2S. The van der Waals surface area contributed by atoms with E-state index in [1.165, 1.54) is 10.0 Å². The number of nitrogens with zero attached hydrogens (tertiary/aromatic N) is 1. The molecule has 4 rings (SSSR count). The molecule has 4 aromatic rings. The zero-order valence-electron chi connectivity index (χ0n) is 17.2. The molecule has 1 N–H and O–H groups in total. The summed E-state index contributed by atoms with van der Waals surface area (Å²) in [6.07, 6.45) is 2.29. The molecule has 7 heteroatoms. The maximum absolute atomic E-state index is 13.4. The van der Waals surface area contributed by atoms with Gasteiger partial charge >= 0.3 is 0 Å². The second-order valence-corrected chi connectivity index (χ2v) is 10.2. The number of rotatable bonds is 6. The van der Waals surface area contributed by atoms with E-state index in [-0.39, 0.29) is 4.90 Å². The van der Waals surface area contributed by atoms with E-state index in [1.807, 2.05) is 50.4 Å². The Morgan fingerprint density at radius 3 is 2.48 bits per heavy atom. The van der Waals surface area contributed by atoms with E-state index in [4.69, 9.17) is 23.2 Å². The Hall–Kier alpha value is -2.31. The normalized spacial score (nSPS) is 11.9. The van der Waals surface area contributed by atoms with Gasteiger partial charge in [-0.2, -0.15) is 0 Å². The molecule has 1 aromatic heterocycles. The summed E-state index contributed by atoms with van der Waals surface area (Å²) >= 11 is 12.5. The van der Waals surface area contributed by atoms with Crippen molar-refractivity contribution < 1.29 is 8.42 Å². The van der Waals surface area contributed by atoms with Crippen LogP contribution in [0.3, 0.4) is 0 Å². The van der Waals surface area contributed by atoms with Crippen LogP contribution in [0.15, 0.2) is 71.8 Å². The molecule has 1 heterocycles. The fraction of sp³-hybridized carbons (Fsp3) is 0.167. The quantitative estimate of drug-likeness (QED) is 0.385. The van der Waals surface area contributed by atoms with Crippen molar-refractivity contribution in [1.29, 1.82) is 0 Å². The number of halogens is 2. The van der Waals surface area contributed by atoms with Gasteiger partial charge in [0, 0.05) is 28.2 Å². The van der Waals surface area contributed by atoms with E-state index < -0.39 is 10.0 Å². The number of hydrogen-bond donors (Lipinski definition) is 1. The number of nitrogens with one attached hydrogen (secondary N) is 1. The van der Waals surface area contributed by atoms with Gasteiger partial charge in [0.1, 0.15) is 0 Å². The highest BCUT2D eigenvalue weighted by atomic mass is 35.5. The second kappa shape index (κ2) is 8.67. The minimum atomic E-state index is -3.81. The van der Waals surface area contributed by atoms with E-state index >= 15 is 0 Å². The molecule has 0 amide bonds. The average molecular weight is 473 g/mol. The molecule has 0 aliphatic heterocycles. The van der Waals surface area contributed by atoms with E-state index in [2.05, 4.69) is 5.32 Å². The lowest BCUT2D eigenvalue weighted by Crippen LogP contribution is -2.12. The van der Waals surface area contributed by atoms with Gasteiger partial charge in [-0.15, -0.1) is 0 Å². The van der Waals surface area contributed by atoms with Crippen LogP contribution in [0.25, 0.3) is 10.9 Å². The molecule has 0 bridgehead atoms. The van der Waals surface area contributed by atoms with E-state index in [9.17, 15) is 8.42 Å². The first-order valence-corrected chi connectivity index (χ1v) is 12.0. The lowest BCUT2D eigenvalue weighted by atomic mass is 10.0. The second-order valence-electron chi connectivity index (χ2n) is 7.57. The molecule has 31 heavy (non-hydrogen) atoms. The smallest absolute Gasteiger partial charge is 0.268 e. The van der Waals surface area contributed by atoms with Crippen LogP contribution < -0.4 is 5.32 Å². The lowest BCUT2D eigenvalue weighted by molar-refractivity contribution is 0.589. The van der Waals surface area contributed by atoms with Gasteiger partial charge in [0.25, 0.3) is 10.0 Å². The molecule has 4 nitrogen and oxygen atoms in total. The third-order valence-electron chi connectivity index (χ3n) is 5.24. The highest BCUT2D eigenvalue weighted by Gasteiger charge is 2.22. The number of hydrogen-bond acceptors (Lipinski definition) is 3. The monoisotopic (exact) mass is 472 g/mol. The number of aryl methyl sites for hydroxylation is 1. The predicted octanol–water partition coefficient (Wildman–Crippen LogP) is 5.80. The number of aromatic nitrogens is 1. The number of benzene rings is 3. The molecule has 0 atom stereocenters. The van der Waals surface area contributed by atoms with Crippen LogP contribution in [0, 0.1) is 6.92 Å². The fourth-order valence-electron chi connectivity index (χ4n) is 3.71. The SMILES string of the molecule is CNCc1cn(S(=O)(=O)c2cccc(Cl)c2)c2cc(Cc3ccc(C)cc3Cl)ccc12. The molecule has 0 saturated heterocycles. The third-order valence-corrected chi connectivity index (χ3v) is 7.50. The maximum Gasteiger partial charge on any atom is 0.268 e. The Labute approximate surface area is 192 Å². The van der Waals surface area contributed by atoms with Crippen molar-refractivity contribution in [3.63, 3.8) is 0 Å². The minimum Gasteiger partial charge on any atom is -0.316 e. The van der Waals surface area contributed by atoms with Gasteiger partial charge in [-0.25, -0.2) is 12.4 Å². The average Bonchev–Trinajstić information content (AvgIpc) is 3.09. The van der Waals surface area contributed by atoms with E-state index in [0.29, 0.717) is 28.5 Å². The molecule has 0 spiro atoms. The number of fused-ring (bicyclic) bond motifs is 1. The van der Waals surface area contributed by atoms with E-state index in [1.54, 1.807) is 24.4 Å². The summed E-state index contributed by atoms with van der Waals surface area (Å²) in [6.45, 7) is 2.55. The van der Waals surface area contributed by atoms with Crippen LogP contribution in [0.5, 0.6) is 0 Å². The van der Waals surface area contributed by atoms with Crippen LogP contribution >= 0.6 is 23.2 Å². The Bertz CT molecular complexity index is 1380. The van der Waals surface area contributed by atoms with Crippen molar-refractivity contribution in [2.24, 2.45) is 0 Å². The standard InChI is InChI=1S/C24H22Cl2N2O2S/c1-16-6-8-18(23(26)10-16)11-17-7-9-22-19(14-27-2)15-28(24(22)12-17)31(29,30)21-5-3-4-20(25)13-21/h3-10,12-13,15,27H,11,14H2,1-2H3. The summed E-state index contributed by atoms with van der Waals surface area (Å²) in [4.78, 5) is 0.153. The van der Waals surface area contributed by atoms with Crippen LogP contribution in [0.1, 0.15) is 22.3 Å². The summed E-state index contributed by atoms with van der Waals surface area (Å²) in [6, 6.07) is 18.2. The lowest BCUT2D eigenvalue weighted by Gasteiger charge is -2.10. The predicted molar refractivity (Wildman–Crippen MR) is 128 cm³/mol. The van der Waals surface area contributed by atoms with Gasteiger partial charge in [0.2, 0.25) is 0 Å². The minimum absolute atomic E-state index is 0.153. The molecule has 0 radical (unpaired) electrons. The van der Waals surface area contributed by atoms with Crippen LogP contribution in [-0.2, 0) is 23.0 Å². The highest BCUT2D eigenvalue weighted by Crippen LogP contribution is 2.29. The molecule has 160 valence electrons. The fourth-order valence-corrected chi connectivity index (χ4v) is 5.69. The summed E-state index contributed by atoms with van der Waals surface area (Å²) < 4.78 is 28.2. The zero-order valence-corrected chi connectivity index (χ0v) is 19.5. The van der Waals surface area contributed by atoms with Crippen molar-refractivity contribution in [1.82, 2.24) is 9.29 Å². The molecule has 0 fully saturated rings. The molecule has 0 saturated carbocycles. The van der Waals surface area contributed by atoms with Gasteiger partial charge in [-0.05, 0) is 73.0 Å². The van der Waals surface area contributed by atoms with Crippen LogP contribution in [0.4, 0.5) is 0 Å². The highest BCUT2D eigenvalue weighted by molar-refractivity contribution is 7.90. The molecule has 0 unspecified atom stereocenters. The Kier molecular flexibility index (Phi) is 6.13. The van der Waals surface area contributed by atoms with Crippen LogP contribution in [0.2, 0.25) is 10.0 Å². The Balaban J connectivity index is 1.85.